The van der Waals surface area contributed by atoms with Gasteiger partial charge in [0.25, 0.3) is 5.91 Å². The quantitative estimate of drug-likeness (QED) is 0.241. The Labute approximate surface area is 233 Å². The number of carbonyl (C=O) groups is 1. The first-order valence-corrected chi connectivity index (χ1v) is 15.0. The average Bonchev–Trinajstić information content (AvgIpc) is 3.01. The Kier molecular flexibility index (Phi) is 9.26. The number of hydrogen-bond acceptors (Lipinski definition) is 4. The van der Waals surface area contributed by atoms with Crippen LogP contribution in [-0.4, -0.2) is 57.2 Å². The molecule has 1 amide bonds. The number of anilines is 1. The predicted octanol–water partition coefficient (Wildman–Crippen LogP) is 4.40. The Morgan fingerprint density at radius 1 is 0.769 bits per heavy atom. The number of piperazine rings is 1. The number of para-hydroxylation sites is 2. The Morgan fingerprint density at radius 2 is 1.36 bits per heavy atom. The maximum atomic E-state index is 13.4. The van der Waals surface area contributed by atoms with Gasteiger partial charge in [0.1, 0.15) is 5.75 Å². The zero-order chi connectivity index (χ0) is 26.9. The van der Waals surface area contributed by atoms with Crippen LogP contribution < -0.4 is 30.9 Å². The van der Waals surface area contributed by atoms with E-state index in [1.54, 1.807) is 7.11 Å². The van der Waals surface area contributed by atoms with Crippen LogP contribution >= 0.6 is 7.92 Å². The number of amides is 1. The lowest BCUT2D eigenvalue weighted by Crippen LogP contribution is -2.47. The number of carbonyl (C=O) groups excluding carboxylic acids is 1. The van der Waals surface area contributed by atoms with E-state index in [2.05, 4.69) is 81.8 Å². The van der Waals surface area contributed by atoms with E-state index in [4.69, 9.17) is 4.74 Å². The van der Waals surface area contributed by atoms with Crippen molar-refractivity contribution in [2.24, 2.45) is 0 Å². The molecule has 39 heavy (non-hydrogen) atoms. The summed E-state index contributed by atoms with van der Waals surface area (Å²) in [5.74, 6) is 0.933. The minimum atomic E-state index is -0.838. The van der Waals surface area contributed by atoms with Gasteiger partial charge in [-0.3, -0.25) is 9.69 Å². The molecule has 1 N–H and O–H groups in total. The second-order valence-corrected chi connectivity index (χ2v) is 11.8. The summed E-state index contributed by atoms with van der Waals surface area (Å²) < 4.78 is 5.54. The molecule has 0 aromatic heterocycles. The number of rotatable bonds is 10. The van der Waals surface area contributed by atoms with Crippen molar-refractivity contribution in [3.05, 3.63) is 115 Å². The van der Waals surface area contributed by atoms with Crippen molar-refractivity contribution in [3.8, 4) is 5.75 Å². The number of nitrogens with one attached hydrogen (secondary N) is 1. The van der Waals surface area contributed by atoms with Gasteiger partial charge >= 0.3 is 0 Å². The SMILES string of the molecule is COc1ccccc1N1CCN(CCCNC(=O)c2ccccc2P(c2ccccc2)c2ccccc2)CC1. The van der Waals surface area contributed by atoms with Crippen molar-refractivity contribution in [3.63, 3.8) is 0 Å². The van der Waals surface area contributed by atoms with Gasteiger partial charge in [-0.1, -0.05) is 91.0 Å². The number of hydrogen-bond donors (Lipinski definition) is 1. The molecule has 5 rings (SSSR count). The largest absolute Gasteiger partial charge is 0.495 e. The minimum absolute atomic E-state index is 0.00551. The summed E-state index contributed by atoms with van der Waals surface area (Å²) in [6.07, 6.45) is 0.925. The van der Waals surface area contributed by atoms with Gasteiger partial charge in [0.15, 0.2) is 0 Å². The highest BCUT2D eigenvalue weighted by Crippen LogP contribution is 2.34. The third-order valence-electron chi connectivity index (χ3n) is 7.15. The molecule has 1 heterocycles. The summed E-state index contributed by atoms with van der Waals surface area (Å²) in [6, 6.07) is 37.4. The number of ether oxygens (including phenoxy) is 1. The van der Waals surface area contributed by atoms with Crippen LogP contribution in [0.1, 0.15) is 16.8 Å². The topological polar surface area (TPSA) is 44.8 Å². The van der Waals surface area contributed by atoms with Gasteiger partial charge in [-0.05, 0) is 55.0 Å². The summed E-state index contributed by atoms with van der Waals surface area (Å²) in [7, 11) is 0.890. The third-order valence-corrected chi connectivity index (χ3v) is 9.65. The standard InChI is InChI=1S/C33H36N3O2P/c1-38-31-19-10-9-18-30(31)36-25-23-35(24-26-36)22-12-21-34-33(37)29-17-8-11-20-32(29)39(27-13-4-2-5-14-27)28-15-6-3-7-16-28/h2-11,13-20H,12,21-26H2,1H3,(H,34,37). The second kappa shape index (κ2) is 13.4. The summed E-state index contributed by atoms with van der Waals surface area (Å²) in [5.41, 5.74) is 1.93. The normalized spacial score (nSPS) is 13.8. The molecule has 0 unspecified atom stereocenters. The molecule has 1 fully saturated rings. The Bertz CT molecular complexity index is 1300. The van der Waals surface area contributed by atoms with Crippen LogP contribution in [0.25, 0.3) is 0 Å². The molecule has 1 saturated heterocycles. The molecule has 0 aliphatic carbocycles. The van der Waals surface area contributed by atoms with Gasteiger partial charge < -0.3 is 15.0 Å². The lowest BCUT2D eigenvalue weighted by molar-refractivity contribution is 0.0952. The number of methoxy groups -OCH3 is 1. The van der Waals surface area contributed by atoms with E-state index in [9.17, 15) is 4.79 Å². The Hall–Kier alpha value is -3.66. The first-order chi connectivity index (χ1) is 19.2. The molecular weight excluding hydrogens is 501 g/mol. The summed E-state index contributed by atoms with van der Waals surface area (Å²) in [6.45, 7) is 5.60. The molecule has 0 atom stereocenters. The number of nitrogens with zero attached hydrogens (tertiary/aromatic N) is 2. The summed E-state index contributed by atoms with van der Waals surface area (Å²) in [5, 5.41) is 6.78. The van der Waals surface area contributed by atoms with Crippen molar-refractivity contribution in [2.75, 3.05) is 51.3 Å². The fourth-order valence-corrected chi connectivity index (χ4v) is 7.59. The van der Waals surface area contributed by atoms with Crippen molar-refractivity contribution in [1.82, 2.24) is 10.2 Å². The van der Waals surface area contributed by atoms with Crippen LogP contribution in [0.2, 0.25) is 0 Å². The minimum Gasteiger partial charge on any atom is -0.495 e. The van der Waals surface area contributed by atoms with Gasteiger partial charge in [-0.25, -0.2) is 0 Å². The highest BCUT2D eigenvalue weighted by Gasteiger charge is 2.22. The monoisotopic (exact) mass is 537 g/mol. The van der Waals surface area contributed by atoms with Crippen LogP contribution in [0, 0.1) is 0 Å². The lowest BCUT2D eigenvalue weighted by Gasteiger charge is -2.36. The smallest absolute Gasteiger partial charge is 0.251 e. The van der Waals surface area contributed by atoms with Crippen LogP contribution in [-0.2, 0) is 0 Å². The molecule has 5 nitrogen and oxygen atoms in total. The van der Waals surface area contributed by atoms with Gasteiger partial charge in [-0.15, -0.1) is 0 Å². The van der Waals surface area contributed by atoms with E-state index in [1.165, 1.54) is 10.6 Å². The molecule has 1 aliphatic rings. The van der Waals surface area contributed by atoms with Crippen molar-refractivity contribution in [2.45, 2.75) is 6.42 Å². The second-order valence-electron chi connectivity index (χ2n) is 9.63. The first-order valence-electron chi connectivity index (χ1n) is 13.6. The fourth-order valence-electron chi connectivity index (χ4n) is 5.15. The van der Waals surface area contributed by atoms with E-state index in [0.29, 0.717) is 6.54 Å². The maximum absolute atomic E-state index is 13.4. The Balaban J connectivity index is 1.18. The van der Waals surface area contributed by atoms with Gasteiger partial charge in [0, 0.05) is 38.3 Å². The van der Waals surface area contributed by atoms with E-state index in [-0.39, 0.29) is 5.91 Å². The summed E-state index contributed by atoms with van der Waals surface area (Å²) >= 11 is 0. The van der Waals surface area contributed by atoms with E-state index in [1.807, 2.05) is 42.5 Å². The molecule has 200 valence electrons. The lowest BCUT2D eigenvalue weighted by atomic mass is 10.2. The van der Waals surface area contributed by atoms with Crippen LogP contribution in [0.3, 0.4) is 0 Å². The molecule has 0 bridgehead atoms. The van der Waals surface area contributed by atoms with Gasteiger partial charge in [-0.2, -0.15) is 0 Å². The molecule has 4 aromatic carbocycles. The zero-order valence-electron chi connectivity index (χ0n) is 22.5. The van der Waals surface area contributed by atoms with E-state index >= 15 is 0 Å². The molecule has 6 heteroatoms. The third kappa shape index (κ3) is 6.68. The van der Waals surface area contributed by atoms with Gasteiger partial charge in [0.2, 0.25) is 0 Å². The van der Waals surface area contributed by atoms with Crippen molar-refractivity contribution >= 4 is 35.4 Å². The van der Waals surface area contributed by atoms with Gasteiger partial charge in [0.05, 0.1) is 12.8 Å². The Morgan fingerprint density at radius 3 is 2.03 bits per heavy atom. The van der Waals surface area contributed by atoms with Crippen LogP contribution in [0.4, 0.5) is 5.69 Å². The molecule has 4 aromatic rings. The van der Waals surface area contributed by atoms with Crippen LogP contribution in [0.15, 0.2) is 109 Å². The highest BCUT2D eigenvalue weighted by atomic mass is 31.1. The van der Waals surface area contributed by atoms with E-state index < -0.39 is 7.92 Å². The number of benzene rings is 4. The molecule has 0 radical (unpaired) electrons. The fraction of sp³-hybridized carbons (Fsp3) is 0.242. The predicted molar refractivity (Wildman–Crippen MR) is 164 cm³/mol. The van der Waals surface area contributed by atoms with Crippen LogP contribution in [0.5, 0.6) is 5.75 Å². The highest BCUT2D eigenvalue weighted by molar-refractivity contribution is 7.80. The first kappa shape index (κ1) is 26.9. The molecule has 0 spiro atoms. The average molecular weight is 538 g/mol. The molecular formula is C33H36N3O2P. The molecule has 1 aliphatic heterocycles. The zero-order valence-corrected chi connectivity index (χ0v) is 23.4. The molecule has 0 saturated carbocycles. The van der Waals surface area contributed by atoms with Crippen molar-refractivity contribution in [1.29, 1.82) is 0 Å². The maximum Gasteiger partial charge on any atom is 0.251 e. The van der Waals surface area contributed by atoms with E-state index in [0.717, 1.165) is 61.4 Å². The van der Waals surface area contributed by atoms with Crippen molar-refractivity contribution < 1.29 is 9.53 Å². The summed E-state index contributed by atoms with van der Waals surface area (Å²) in [4.78, 5) is 18.3.